The van der Waals surface area contributed by atoms with Gasteiger partial charge in [0.1, 0.15) is 18.8 Å². The average Bonchev–Trinajstić information content (AvgIpc) is 3.48. The van der Waals surface area contributed by atoms with Gasteiger partial charge < -0.3 is 98.2 Å². The van der Waals surface area contributed by atoms with E-state index in [4.69, 9.17) is 72.2 Å². The normalized spacial score (nSPS) is 16.4. The Kier molecular flexibility index (Phi) is 51.6. The standard InChI is InChI=1S/C56H101N7O21/c57-82-47-54(67)60-20-28-73-34-40-79-44-43-76-37-31-70-23-17-53(66)63-48(45-80-24-15-51(64)58-18-26-71-32-38-77-41-35-74-29-21-61-55(68)83-49-11-7-3-1-4-8-12-49)46-81-25-16-52(65)59-19-27-72-33-39-78-42-36-75-30-22-62-56(69)84-50-13-9-5-2-6-10-14-50/h3,5,7,9,48-50H,1-2,4,6,8,10-47,57H2,(H,58,64)(H,59,65)(H,60,67)(H,61,68)(H,62,69)(H,63,66)/b7-3+,9-5+. The highest BCUT2D eigenvalue weighted by Crippen LogP contribution is 2.16. The maximum Gasteiger partial charge on any atom is 0.407 e. The van der Waals surface area contributed by atoms with Crippen molar-refractivity contribution in [1.82, 2.24) is 31.9 Å². The van der Waals surface area contributed by atoms with E-state index in [2.05, 4.69) is 61.0 Å². The number of hydrogen-bond donors (Lipinski definition) is 7. The molecule has 486 valence electrons. The monoisotopic (exact) mass is 1210 g/mol. The molecule has 0 saturated carbocycles. The number of alkyl carbamates (subject to hydrolysis) is 2. The molecule has 2 atom stereocenters. The van der Waals surface area contributed by atoms with Gasteiger partial charge in [-0.15, -0.1) is 0 Å². The molecule has 2 aliphatic carbocycles. The summed E-state index contributed by atoms with van der Waals surface area (Å²) in [5, 5.41) is 16.5. The summed E-state index contributed by atoms with van der Waals surface area (Å²) < 4.78 is 77.5. The second-order valence-electron chi connectivity index (χ2n) is 19.0. The van der Waals surface area contributed by atoms with Crippen molar-refractivity contribution < 1.29 is 99.9 Å². The van der Waals surface area contributed by atoms with E-state index >= 15 is 0 Å². The van der Waals surface area contributed by atoms with Crippen LogP contribution < -0.4 is 37.8 Å². The minimum absolute atomic E-state index is 0.0535. The molecule has 0 heterocycles. The zero-order valence-electron chi connectivity index (χ0n) is 49.6. The van der Waals surface area contributed by atoms with Crippen LogP contribution in [0.15, 0.2) is 24.3 Å². The van der Waals surface area contributed by atoms with E-state index in [-0.39, 0.29) is 101 Å². The average molecular weight is 1210 g/mol. The van der Waals surface area contributed by atoms with Gasteiger partial charge in [-0.3, -0.25) is 24.0 Å². The first kappa shape index (κ1) is 75.4. The topological polar surface area (TPSA) is 339 Å². The molecule has 0 aromatic rings. The lowest BCUT2D eigenvalue weighted by Gasteiger charge is -2.19. The predicted octanol–water partition coefficient (Wildman–Crippen LogP) is 1.31. The number of carbonyl (C=O) groups excluding carboxylic acids is 6. The number of allylic oxidation sites excluding steroid dienone is 2. The van der Waals surface area contributed by atoms with Crippen LogP contribution in [-0.4, -0.2) is 252 Å². The Balaban J connectivity index is 1.53. The van der Waals surface area contributed by atoms with Gasteiger partial charge >= 0.3 is 12.2 Å². The van der Waals surface area contributed by atoms with Gasteiger partial charge in [0.15, 0.2) is 0 Å². The fourth-order valence-corrected chi connectivity index (χ4v) is 7.60. The van der Waals surface area contributed by atoms with Crippen molar-refractivity contribution >= 4 is 35.8 Å². The van der Waals surface area contributed by atoms with Crippen LogP contribution in [0.2, 0.25) is 0 Å². The summed E-state index contributed by atoms with van der Waals surface area (Å²) in [6, 6.07) is -0.573. The molecule has 0 saturated heterocycles. The molecule has 0 spiro atoms. The number of nitrogens with two attached hydrogens (primary N) is 1. The highest BCUT2D eigenvalue weighted by molar-refractivity contribution is 5.77. The number of hydrogen-bond acceptors (Lipinski definition) is 22. The van der Waals surface area contributed by atoms with E-state index in [1.165, 1.54) is 0 Å². The van der Waals surface area contributed by atoms with Gasteiger partial charge in [-0.25, -0.2) is 15.5 Å². The maximum atomic E-state index is 12.9. The summed E-state index contributed by atoms with van der Waals surface area (Å²) in [7, 11) is 0. The van der Waals surface area contributed by atoms with E-state index in [1.54, 1.807) is 0 Å². The summed E-state index contributed by atoms with van der Waals surface area (Å²) in [4.78, 5) is 77.4. The van der Waals surface area contributed by atoms with Crippen molar-refractivity contribution in [3.05, 3.63) is 24.3 Å². The van der Waals surface area contributed by atoms with Crippen LogP contribution >= 0.6 is 0 Å². The molecule has 2 aliphatic rings. The largest absolute Gasteiger partial charge is 0.446 e. The fourth-order valence-electron chi connectivity index (χ4n) is 7.60. The van der Waals surface area contributed by atoms with Gasteiger partial charge in [0, 0.05) is 64.8 Å². The minimum Gasteiger partial charge on any atom is -0.446 e. The van der Waals surface area contributed by atoms with Crippen molar-refractivity contribution in [3.8, 4) is 0 Å². The third kappa shape index (κ3) is 50.6. The molecule has 0 fully saturated rings. The van der Waals surface area contributed by atoms with E-state index in [1.807, 2.05) is 0 Å². The summed E-state index contributed by atoms with van der Waals surface area (Å²) in [5.74, 6) is 3.75. The van der Waals surface area contributed by atoms with Crippen molar-refractivity contribution in [2.24, 2.45) is 5.90 Å². The lowest BCUT2D eigenvalue weighted by molar-refractivity contribution is -0.126. The molecule has 0 aromatic carbocycles. The van der Waals surface area contributed by atoms with Gasteiger partial charge in [-0.05, 0) is 51.4 Å². The lowest BCUT2D eigenvalue weighted by Crippen LogP contribution is -2.42. The molecule has 8 N–H and O–H groups in total. The van der Waals surface area contributed by atoms with Gasteiger partial charge in [0.2, 0.25) is 23.6 Å². The Labute approximate surface area is 496 Å². The van der Waals surface area contributed by atoms with Crippen LogP contribution in [-0.2, 0) is 90.3 Å². The first-order chi connectivity index (χ1) is 41.2. The zero-order valence-corrected chi connectivity index (χ0v) is 49.6. The van der Waals surface area contributed by atoms with Gasteiger partial charge in [0.25, 0.3) is 0 Å². The molecule has 2 unspecified atom stereocenters. The summed E-state index contributed by atoms with van der Waals surface area (Å²) in [6.45, 7) is 8.24. The summed E-state index contributed by atoms with van der Waals surface area (Å²) in [5.41, 5.74) is 0. The van der Waals surface area contributed by atoms with Crippen LogP contribution in [0.4, 0.5) is 9.59 Å². The third-order valence-electron chi connectivity index (χ3n) is 12.0. The summed E-state index contributed by atoms with van der Waals surface area (Å²) in [6.07, 6.45) is 17.3. The van der Waals surface area contributed by atoms with Crippen molar-refractivity contribution in [1.29, 1.82) is 0 Å². The molecule has 0 aliphatic heterocycles. The van der Waals surface area contributed by atoms with E-state index < -0.39 is 18.2 Å². The van der Waals surface area contributed by atoms with E-state index in [0.29, 0.717) is 152 Å². The van der Waals surface area contributed by atoms with Crippen LogP contribution in [0.25, 0.3) is 0 Å². The lowest BCUT2D eigenvalue weighted by atomic mass is 10.0. The predicted molar refractivity (Wildman–Crippen MR) is 306 cm³/mol. The Morgan fingerprint density at radius 3 is 1.07 bits per heavy atom. The number of nitrogens with one attached hydrogen (secondary N) is 6. The minimum atomic E-state index is -0.573. The molecule has 0 aromatic heterocycles. The fraction of sp³-hybridized carbons (Fsp3) is 0.821. The maximum absolute atomic E-state index is 12.9. The van der Waals surface area contributed by atoms with Crippen LogP contribution in [0.5, 0.6) is 0 Å². The molecule has 6 amide bonds. The molecular weight excluding hydrogens is 1110 g/mol. The van der Waals surface area contributed by atoms with Gasteiger partial charge in [-0.2, -0.15) is 0 Å². The Morgan fingerprint density at radius 2 is 0.690 bits per heavy atom. The molecular formula is C56H101N7O21. The van der Waals surface area contributed by atoms with Crippen molar-refractivity contribution in [3.63, 3.8) is 0 Å². The van der Waals surface area contributed by atoms with Gasteiger partial charge in [-0.1, -0.05) is 24.3 Å². The van der Waals surface area contributed by atoms with Gasteiger partial charge in [0.05, 0.1) is 165 Å². The molecule has 0 radical (unpaired) electrons. The summed E-state index contributed by atoms with van der Waals surface area (Å²) >= 11 is 0. The Bertz CT molecular complexity index is 1620. The number of rotatable bonds is 54. The third-order valence-corrected chi connectivity index (χ3v) is 12.0. The molecule has 0 bridgehead atoms. The highest BCUT2D eigenvalue weighted by atomic mass is 16.6. The van der Waals surface area contributed by atoms with Crippen molar-refractivity contribution in [2.75, 3.05) is 198 Å². The highest BCUT2D eigenvalue weighted by Gasteiger charge is 2.17. The molecule has 84 heavy (non-hydrogen) atoms. The molecule has 2 rings (SSSR count). The Hall–Kier alpha value is -4.66. The quantitative estimate of drug-likeness (QED) is 0.0256. The second kappa shape index (κ2) is 57.4. The SMILES string of the molecule is NOCC(=O)NCCOCCOCCOCCOCCC(=O)NC(COCCC(=O)NCCOCCOCCOCCNC(=O)OC1C/C=C/CCCC1)COCCC(=O)NCCOCCOCCOCCNC(=O)OC1C/C=C/CCCC1. The Morgan fingerprint density at radius 1 is 0.369 bits per heavy atom. The van der Waals surface area contributed by atoms with Crippen LogP contribution in [0.1, 0.15) is 83.5 Å². The number of amides is 6. The number of carbonyl (C=O) groups is 6. The molecule has 28 nitrogen and oxygen atoms in total. The number of ether oxygens (including phenoxy) is 14. The first-order valence-electron chi connectivity index (χ1n) is 29.8. The van der Waals surface area contributed by atoms with E-state index in [9.17, 15) is 28.8 Å². The molecule has 28 heteroatoms. The smallest absolute Gasteiger partial charge is 0.407 e. The van der Waals surface area contributed by atoms with Crippen molar-refractivity contribution in [2.45, 2.75) is 102 Å². The second-order valence-corrected chi connectivity index (χ2v) is 19.0. The van der Waals surface area contributed by atoms with Crippen LogP contribution in [0, 0.1) is 0 Å². The van der Waals surface area contributed by atoms with E-state index in [0.717, 1.165) is 64.2 Å². The first-order valence-corrected chi connectivity index (χ1v) is 29.8. The van der Waals surface area contributed by atoms with Crippen LogP contribution in [0.3, 0.4) is 0 Å². The zero-order chi connectivity index (χ0) is 60.3.